The third-order valence-electron chi connectivity index (χ3n) is 4.58. The molecule has 32 heavy (non-hydrogen) atoms. The second-order valence-electron chi connectivity index (χ2n) is 6.67. The summed E-state index contributed by atoms with van der Waals surface area (Å²) in [4.78, 5) is 17.2. The maximum absolute atomic E-state index is 13.1. The number of nitrogens with two attached hydrogens (primary N) is 1. The minimum atomic E-state index is -0.905. The highest BCUT2D eigenvalue weighted by Gasteiger charge is 2.24. The topological polar surface area (TPSA) is 155 Å². The number of hydrogen-bond donors (Lipinski definition) is 6. The van der Waals surface area contributed by atoms with Gasteiger partial charge in [0, 0.05) is 17.4 Å². The van der Waals surface area contributed by atoms with E-state index in [0.717, 1.165) is 0 Å². The highest BCUT2D eigenvalue weighted by Crippen LogP contribution is 2.39. The zero-order valence-corrected chi connectivity index (χ0v) is 17.5. The molecule has 0 aliphatic rings. The number of nitrogens with one attached hydrogen (secondary N) is 4. The Kier molecular flexibility index (Phi) is 6.96. The first kappa shape index (κ1) is 22.2. The summed E-state index contributed by atoms with van der Waals surface area (Å²) in [5, 5.41) is 20.9. The maximum Gasteiger partial charge on any atom is 0.265 e. The summed E-state index contributed by atoms with van der Waals surface area (Å²) in [6.45, 7) is 0. The Morgan fingerprint density at radius 3 is 2.28 bits per heavy atom. The molecule has 10 nitrogen and oxygen atoms in total. The summed E-state index contributed by atoms with van der Waals surface area (Å²) in [6.07, 6.45) is 1.59. The Bertz CT molecular complexity index is 1060. The van der Waals surface area contributed by atoms with Crippen LogP contribution in [-0.2, 0) is 4.79 Å². The van der Waals surface area contributed by atoms with Gasteiger partial charge in [0.05, 0.1) is 14.2 Å². The number of aromatic nitrogens is 1. The summed E-state index contributed by atoms with van der Waals surface area (Å²) in [5.74, 6) is 0.119. The van der Waals surface area contributed by atoms with E-state index in [1.807, 2.05) is 0 Å². The largest absolute Gasteiger partial charge is 0.502 e. The highest BCUT2D eigenvalue weighted by molar-refractivity contribution is 5.95. The molecule has 0 spiro atoms. The van der Waals surface area contributed by atoms with Gasteiger partial charge in [-0.2, -0.15) is 0 Å². The number of phenols is 1. The standard InChI is InChI=1S/C22H24N6O4/c1-31-16-11-14(12-17(32-2)20(16)29)19(22(30)28-27-18-5-3-4-10-25-18)26-15-8-6-13(7-9-15)21(23)24/h3-12,19,26,29H,1-2H3,(H3,23,24)(H,25,27)(H,28,30). The predicted molar refractivity (Wildman–Crippen MR) is 121 cm³/mol. The fourth-order valence-electron chi connectivity index (χ4n) is 2.93. The van der Waals surface area contributed by atoms with Crippen LogP contribution in [0, 0.1) is 5.41 Å². The van der Waals surface area contributed by atoms with E-state index in [1.54, 1.807) is 60.8 Å². The number of aromatic hydroxyl groups is 1. The Hall–Kier alpha value is -4.47. The number of carbonyl (C=O) groups is 1. The van der Waals surface area contributed by atoms with Gasteiger partial charge in [-0.1, -0.05) is 6.07 Å². The van der Waals surface area contributed by atoms with Crippen molar-refractivity contribution in [3.05, 3.63) is 71.9 Å². The van der Waals surface area contributed by atoms with Crippen molar-refractivity contribution in [2.75, 3.05) is 25.0 Å². The van der Waals surface area contributed by atoms with Crippen LogP contribution in [0.25, 0.3) is 0 Å². The number of hydrogen-bond acceptors (Lipinski definition) is 8. The monoisotopic (exact) mass is 436 g/mol. The van der Waals surface area contributed by atoms with Gasteiger partial charge in [0.25, 0.3) is 5.91 Å². The van der Waals surface area contributed by atoms with Gasteiger partial charge in [-0.15, -0.1) is 0 Å². The lowest BCUT2D eigenvalue weighted by molar-refractivity contribution is -0.121. The van der Waals surface area contributed by atoms with Crippen LogP contribution in [0.5, 0.6) is 17.2 Å². The number of nitrogen functional groups attached to an aromatic ring is 1. The Balaban J connectivity index is 1.93. The van der Waals surface area contributed by atoms with Crippen LogP contribution in [0.4, 0.5) is 11.5 Å². The van der Waals surface area contributed by atoms with Crippen LogP contribution >= 0.6 is 0 Å². The van der Waals surface area contributed by atoms with Crippen LogP contribution < -0.4 is 31.4 Å². The van der Waals surface area contributed by atoms with Crippen LogP contribution in [0.15, 0.2) is 60.8 Å². The van der Waals surface area contributed by atoms with Gasteiger partial charge in [0.1, 0.15) is 17.7 Å². The highest BCUT2D eigenvalue weighted by atomic mass is 16.5. The fraction of sp³-hybridized carbons (Fsp3) is 0.136. The second-order valence-corrected chi connectivity index (χ2v) is 6.67. The first-order valence-corrected chi connectivity index (χ1v) is 9.55. The molecule has 2 aromatic carbocycles. The van der Waals surface area contributed by atoms with E-state index in [9.17, 15) is 9.90 Å². The van der Waals surface area contributed by atoms with Gasteiger partial charge < -0.3 is 25.6 Å². The maximum atomic E-state index is 13.1. The molecule has 0 saturated heterocycles. The van der Waals surface area contributed by atoms with E-state index >= 15 is 0 Å². The van der Waals surface area contributed by atoms with Crippen LogP contribution in [0.2, 0.25) is 0 Å². The molecular formula is C22H24N6O4. The molecule has 1 unspecified atom stereocenters. The van der Waals surface area contributed by atoms with Crippen molar-refractivity contribution in [2.24, 2.45) is 5.73 Å². The molecule has 3 rings (SSSR count). The molecule has 10 heteroatoms. The van der Waals surface area contributed by atoms with Crippen molar-refractivity contribution in [2.45, 2.75) is 6.04 Å². The minimum Gasteiger partial charge on any atom is -0.502 e. The molecule has 0 bridgehead atoms. The molecule has 0 aliphatic heterocycles. The lowest BCUT2D eigenvalue weighted by Gasteiger charge is -2.22. The first-order valence-electron chi connectivity index (χ1n) is 9.55. The molecule has 1 heterocycles. The number of amidine groups is 1. The molecule has 166 valence electrons. The molecule has 7 N–H and O–H groups in total. The van der Waals surface area contributed by atoms with Gasteiger partial charge in [-0.3, -0.25) is 21.1 Å². The number of pyridine rings is 1. The van der Waals surface area contributed by atoms with Crippen molar-refractivity contribution in [3.8, 4) is 17.2 Å². The number of amides is 1. The van der Waals surface area contributed by atoms with Gasteiger partial charge in [-0.05, 0) is 54.1 Å². The van der Waals surface area contributed by atoms with E-state index in [-0.39, 0.29) is 23.1 Å². The van der Waals surface area contributed by atoms with E-state index in [2.05, 4.69) is 21.2 Å². The van der Waals surface area contributed by atoms with Gasteiger partial charge in [0.2, 0.25) is 5.75 Å². The number of anilines is 2. The Labute approximate surface area is 184 Å². The summed E-state index contributed by atoms with van der Waals surface area (Å²) in [5.41, 5.74) is 12.5. The number of methoxy groups -OCH3 is 2. The zero-order valence-electron chi connectivity index (χ0n) is 17.5. The van der Waals surface area contributed by atoms with E-state index in [0.29, 0.717) is 22.6 Å². The normalized spacial score (nSPS) is 11.2. The predicted octanol–water partition coefficient (Wildman–Crippen LogP) is 2.38. The van der Waals surface area contributed by atoms with Crippen LogP contribution in [-0.4, -0.2) is 36.1 Å². The quantitative estimate of drug-likeness (QED) is 0.170. The van der Waals surface area contributed by atoms with Crippen LogP contribution in [0.3, 0.4) is 0 Å². The van der Waals surface area contributed by atoms with Crippen molar-refractivity contribution < 1.29 is 19.4 Å². The molecular weight excluding hydrogens is 412 g/mol. The summed E-state index contributed by atoms with van der Waals surface area (Å²) < 4.78 is 10.5. The van der Waals surface area contributed by atoms with Crippen molar-refractivity contribution >= 4 is 23.2 Å². The average Bonchev–Trinajstić information content (AvgIpc) is 2.82. The number of carbonyl (C=O) groups excluding carboxylic acids is 1. The molecule has 1 atom stereocenters. The molecule has 0 radical (unpaired) electrons. The molecule has 0 fully saturated rings. The van der Waals surface area contributed by atoms with Crippen molar-refractivity contribution in [3.63, 3.8) is 0 Å². The SMILES string of the molecule is COc1cc(C(Nc2ccc(C(=N)N)cc2)C(=O)NNc2ccccn2)cc(OC)c1O. The van der Waals surface area contributed by atoms with Gasteiger partial charge in [0.15, 0.2) is 11.5 Å². The van der Waals surface area contributed by atoms with Crippen molar-refractivity contribution in [1.82, 2.24) is 10.4 Å². The Morgan fingerprint density at radius 1 is 1.09 bits per heavy atom. The number of hydrazine groups is 1. The lowest BCUT2D eigenvalue weighted by Crippen LogP contribution is -2.37. The minimum absolute atomic E-state index is 0.0570. The average molecular weight is 436 g/mol. The number of rotatable bonds is 9. The van der Waals surface area contributed by atoms with Gasteiger partial charge in [-0.25, -0.2) is 4.98 Å². The molecule has 1 aromatic heterocycles. The summed E-state index contributed by atoms with van der Waals surface area (Å²) in [7, 11) is 2.81. The Morgan fingerprint density at radius 2 is 1.75 bits per heavy atom. The number of ether oxygens (including phenoxy) is 2. The molecule has 0 saturated carbocycles. The van der Waals surface area contributed by atoms with E-state index in [4.69, 9.17) is 20.6 Å². The molecule has 0 aliphatic carbocycles. The third kappa shape index (κ3) is 5.17. The third-order valence-corrected chi connectivity index (χ3v) is 4.58. The van der Waals surface area contributed by atoms with Gasteiger partial charge >= 0.3 is 0 Å². The first-order chi connectivity index (χ1) is 15.4. The smallest absolute Gasteiger partial charge is 0.265 e. The van der Waals surface area contributed by atoms with Crippen LogP contribution in [0.1, 0.15) is 17.2 Å². The molecule has 1 amide bonds. The van der Waals surface area contributed by atoms with E-state index < -0.39 is 11.9 Å². The second kappa shape index (κ2) is 10.0. The number of benzene rings is 2. The number of nitrogens with zero attached hydrogens (tertiary/aromatic N) is 1. The fourth-order valence-corrected chi connectivity index (χ4v) is 2.93. The lowest BCUT2D eigenvalue weighted by atomic mass is 10.0. The number of phenolic OH excluding ortho intramolecular Hbond substituents is 1. The summed E-state index contributed by atoms with van der Waals surface area (Å²) in [6, 6.07) is 14.2. The zero-order chi connectivity index (χ0) is 23.1. The summed E-state index contributed by atoms with van der Waals surface area (Å²) >= 11 is 0. The molecule has 3 aromatic rings. The van der Waals surface area contributed by atoms with Crippen molar-refractivity contribution in [1.29, 1.82) is 5.41 Å². The van der Waals surface area contributed by atoms with E-state index in [1.165, 1.54) is 14.2 Å².